The molecule has 6 heteroatoms. The van der Waals surface area contributed by atoms with E-state index in [4.69, 9.17) is 21.1 Å². The van der Waals surface area contributed by atoms with Crippen molar-refractivity contribution in [3.05, 3.63) is 58.6 Å². The van der Waals surface area contributed by atoms with Gasteiger partial charge in [-0.25, -0.2) is 0 Å². The Labute approximate surface area is 151 Å². The summed E-state index contributed by atoms with van der Waals surface area (Å²) in [4.78, 5) is 14.9. The maximum atomic E-state index is 12.9. The van der Waals surface area contributed by atoms with Gasteiger partial charge in [0.05, 0.1) is 12.5 Å². The molecular formula is C19H19ClN2O3. The molecule has 2 aliphatic heterocycles. The summed E-state index contributed by atoms with van der Waals surface area (Å²) in [5, 5.41) is 4.05. The second kappa shape index (κ2) is 6.94. The maximum absolute atomic E-state index is 12.9. The van der Waals surface area contributed by atoms with E-state index in [0.717, 1.165) is 23.4 Å². The number of amides is 1. The van der Waals surface area contributed by atoms with Crippen molar-refractivity contribution >= 4 is 17.5 Å². The Hall–Kier alpha value is -2.24. The molecule has 0 aromatic heterocycles. The predicted molar refractivity (Wildman–Crippen MR) is 95.0 cm³/mol. The monoisotopic (exact) mass is 358 g/mol. The van der Waals surface area contributed by atoms with Gasteiger partial charge in [0, 0.05) is 24.7 Å². The van der Waals surface area contributed by atoms with Crippen molar-refractivity contribution in [1.82, 2.24) is 10.2 Å². The summed E-state index contributed by atoms with van der Waals surface area (Å²) in [5.74, 6) is 1.52. The smallest absolute Gasteiger partial charge is 0.231 e. The molecule has 2 aliphatic rings. The molecule has 130 valence electrons. The molecule has 4 rings (SSSR count). The highest BCUT2D eigenvalue weighted by Gasteiger charge is 2.29. The largest absolute Gasteiger partial charge is 0.454 e. The number of ether oxygens (including phenoxy) is 2. The summed E-state index contributed by atoms with van der Waals surface area (Å²) >= 11 is 6.36. The van der Waals surface area contributed by atoms with Crippen LogP contribution in [-0.4, -0.2) is 37.2 Å². The van der Waals surface area contributed by atoms with Crippen molar-refractivity contribution in [2.45, 2.75) is 12.5 Å². The predicted octanol–water partition coefficient (Wildman–Crippen LogP) is 2.78. The minimum absolute atomic E-state index is 0.0519. The van der Waals surface area contributed by atoms with Gasteiger partial charge in [-0.1, -0.05) is 35.9 Å². The van der Waals surface area contributed by atoms with E-state index in [2.05, 4.69) is 5.32 Å². The molecule has 0 saturated carbocycles. The summed E-state index contributed by atoms with van der Waals surface area (Å²) in [5.41, 5.74) is 1.90. The molecule has 1 saturated heterocycles. The van der Waals surface area contributed by atoms with Crippen LogP contribution >= 0.6 is 11.6 Å². The molecule has 0 spiro atoms. The van der Waals surface area contributed by atoms with Crippen LogP contribution in [0, 0.1) is 0 Å². The Morgan fingerprint density at radius 1 is 1.20 bits per heavy atom. The van der Waals surface area contributed by atoms with E-state index < -0.39 is 0 Å². The molecule has 1 N–H and O–H groups in total. The third-order valence-corrected chi connectivity index (χ3v) is 4.96. The number of nitrogens with zero attached hydrogens (tertiary/aromatic N) is 1. The maximum Gasteiger partial charge on any atom is 0.231 e. The van der Waals surface area contributed by atoms with Crippen LogP contribution in [0.4, 0.5) is 0 Å². The molecule has 5 nitrogen and oxygen atoms in total. The van der Waals surface area contributed by atoms with Crippen molar-refractivity contribution < 1.29 is 14.3 Å². The highest BCUT2D eigenvalue weighted by Crippen LogP contribution is 2.33. The van der Waals surface area contributed by atoms with Crippen LogP contribution < -0.4 is 14.8 Å². The topological polar surface area (TPSA) is 50.8 Å². The summed E-state index contributed by atoms with van der Waals surface area (Å²) in [6, 6.07) is 13.3. The zero-order valence-electron chi connectivity index (χ0n) is 13.7. The minimum atomic E-state index is -0.0519. The van der Waals surface area contributed by atoms with E-state index in [1.54, 1.807) is 0 Å². The van der Waals surface area contributed by atoms with E-state index in [1.165, 1.54) is 0 Å². The lowest BCUT2D eigenvalue weighted by Gasteiger charge is -2.37. The second-order valence-electron chi connectivity index (χ2n) is 6.19. The quantitative estimate of drug-likeness (QED) is 0.916. The number of fused-ring (bicyclic) bond motifs is 1. The number of piperazine rings is 1. The standard InChI is InChI=1S/C19H19ClN2O3/c20-15-4-2-1-3-14(15)16-11-21-7-8-22(16)19(23)10-13-5-6-17-18(9-13)25-12-24-17/h1-6,9,16,21H,7-8,10-12H2. The zero-order valence-corrected chi connectivity index (χ0v) is 14.5. The fraction of sp³-hybridized carbons (Fsp3) is 0.316. The highest BCUT2D eigenvalue weighted by atomic mass is 35.5. The molecule has 1 unspecified atom stereocenters. The average molecular weight is 359 g/mol. The van der Waals surface area contributed by atoms with Gasteiger partial charge in [0.1, 0.15) is 0 Å². The first-order valence-corrected chi connectivity index (χ1v) is 8.73. The lowest BCUT2D eigenvalue weighted by molar-refractivity contribution is -0.133. The molecule has 2 aromatic carbocycles. The van der Waals surface area contributed by atoms with Crippen molar-refractivity contribution in [1.29, 1.82) is 0 Å². The van der Waals surface area contributed by atoms with E-state index >= 15 is 0 Å². The van der Waals surface area contributed by atoms with Gasteiger partial charge in [0.25, 0.3) is 0 Å². The summed E-state index contributed by atoms with van der Waals surface area (Å²) in [7, 11) is 0. The molecule has 25 heavy (non-hydrogen) atoms. The first kappa shape index (κ1) is 16.2. The van der Waals surface area contributed by atoms with Crippen molar-refractivity contribution in [3.63, 3.8) is 0 Å². The summed E-state index contributed by atoms with van der Waals surface area (Å²) < 4.78 is 10.7. The number of hydrogen-bond donors (Lipinski definition) is 1. The normalized spacial score (nSPS) is 19.1. The molecule has 0 aliphatic carbocycles. The van der Waals surface area contributed by atoms with Crippen LogP contribution in [-0.2, 0) is 11.2 Å². The van der Waals surface area contributed by atoms with E-state index in [9.17, 15) is 4.79 Å². The summed E-state index contributed by atoms with van der Waals surface area (Å²) in [6.07, 6.45) is 0.331. The third-order valence-electron chi connectivity index (χ3n) is 4.62. The molecule has 1 amide bonds. The van der Waals surface area contributed by atoms with E-state index in [-0.39, 0.29) is 18.7 Å². The first-order chi connectivity index (χ1) is 12.2. The molecule has 0 bridgehead atoms. The first-order valence-electron chi connectivity index (χ1n) is 8.35. The Bertz CT molecular complexity index is 796. The number of carbonyl (C=O) groups is 1. The Morgan fingerprint density at radius 3 is 2.92 bits per heavy atom. The fourth-order valence-corrected chi connectivity index (χ4v) is 3.61. The van der Waals surface area contributed by atoms with Gasteiger partial charge in [-0.3, -0.25) is 4.79 Å². The lowest BCUT2D eigenvalue weighted by Crippen LogP contribution is -2.49. The molecule has 0 radical (unpaired) electrons. The van der Waals surface area contributed by atoms with Crippen molar-refractivity contribution in [2.75, 3.05) is 26.4 Å². The van der Waals surface area contributed by atoms with Gasteiger partial charge >= 0.3 is 0 Å². The molecule has 2 heterocycles. The summed E-state index contributed by atoms with van der Waals surface area (Å²) in [6.45, 7) is 2.39. The zero-order chi connectivity index (χ0) is 17.2. The number of benzene rings is 2. The highest BCUT2D eigenvalue weighted by molar-refractivity contribution is 6.31. The molecule has 1 fully saturated rings. The van der Waals surface area contributed by atoms with Crippen LogP contribution in [0.15, 0.2) is 42.5 Å². The van der Waals surface area contributed by atoms with E-state index in [0.29, 0.717) is 30.3 Å². The van der Waals surface area contributed by atoms with Crippen molar-refractivity contribution in [2.24, 2.45) is 0 Å². The fourth-order valence-electron chi connectivity index (χ4n) is 3.35. The minimum Gasteiger partial charge on any atom is -0.454 e. The average Bonchev–Trinajstić information content (AvgIpc) is 3.10. The van der Waals surface area contributed by atoms with Gasteiger partial charge < -0.3 is 19.7 Å². The van der Waals surface area contributed by atoms with Gasteiger partial charge in [-0.05, 0) is 29.3 Å². The van der Waals surface area contributed by atoms with Crippen LogP contribution in [0.25, 0.3) is 0 Å². The number of hydrogen-bond acceptors (Lipinski definition) is 4. The van der Waals surface area contributed by atoms with Crippen LogP contribution in [0.3, 0.4) is 0 Å². The Kier molecular flexibility index (Phi) is 4.51. The Morgan fingerprint density at radius 2 is 2.04 bits per heavy atom. The van der Waals surface area contributed by atoms with Gasteiger partial charge in [-0.2, -0.15) is 0 Å². The van der Waals surface area contributed by atoms with Gasteiger partial charge in [0.2, 0.25) is 12.7 Å². The molecular weight excluding hydrogens is 340 g/mol. The van der Waals surface area contributed by atoms with Crippen LogP contribution in [0.1, 0.15) is 17.2 Å². The third kappa shape index (κ3) is 3.30. The lowest BCUT2D eigenvalue weighted by atomic mass is 10.0. The number of nitrogens with one attached hydrogen (secondary N) is 1. The molecule has 2 aromatic rings. The van der Waals surface area contributed by atoms with Gasteiger partial charge in [0.15, 0.2) is 11.5 Å². The second-order valence-corrected chi connectivity index (χ2v) is 6.60. The van der Waals surface area contributed by atoms with Crippen LogP contribution in [0.5, 0.6) is 11.5 Å². The van der Waals surface area contributed by atoms with E-state index in [1.807, 2.05) is 47.4 Å². The molecule has 1 atom stereocenters. The van der Waals surface area contributed by atoms with Crippen LogP contribution in [0.2, 0.25) is 5.02 Å². The van der Waals surface area contributed by atoms with Gasteiger partial charge in [-0.15, -0.1) is 0 Å². The number of carbonyl (C=O) groups excluding carboxylic acids is 1. The Balaban J connectivity index is 1.54. The number of halogens is 1. The number of rotatable bonds is 3. The van der Waals surface area contributed by atoms with Crippen molar-refractivity contribution in [3.8, 4) is 11.5 Å². The SMILES string of the molecule is O=C(Cc1ccc2c(c1)OCO2)N1CCNCC1c1ccccc1Cl.